The summed E-state index contributed by atoms with van der Waals surface area (Å²) in [6, 6.07) is 0. The van der Waals surface area contributed by atoms with Gasteiger partial charge in [0.1, 0.15) is 31.0 Å². The van der Waals surface area contributed by atoms with E-state index in [4.69, 9.17) is 18.9 Å². The van der Waals surface area contributed by atoms with Crippen molar-refractivity contribution < 1.29 is 49.0 Å². The Hall–Kier alpha value is -1.56. The van der Waals surface area contributed by atoms with Crippen LogP contribution in [0.4, 0.5) is 0 Å². The fourth-order valence-electron chi connectivity index (χ4n) is 7.54. The molecular weight excluding hydrogens is 737 g/mol. The van der Waals surface area contributed by atoms with Gasteiger partial charge in [-0.3, -0.25) is 9.59 Å². The third-order valence-corrected chi connectivity index (χ3v) is 11.4. The normalized spacial score (nSPS) is 20.1. The Kier molecular flexibility index (Phi) is 37.2. The van der Waals surface area contributed by atoms with Crippen molar-refractivity contribution in [3.8, 4) is 0 Å². The molecule has 0 aromatic carbocycles. The Balaban J connectivity index is 2.28. The summed E-state index contributed by atoms with van der Waals surface area (Å²) >= 11 is 0. The second kappa shape index (κ2) is 39.6. The zero-order valence-electron chi connectivity index (χ0n) is 37.3. The first kappa shape index (κ1) is 54.5. The molecule has 0 bridgehead atoms. The van der Waals surface area contributed by atoms with Crippen molar-refractivity contribution >= 4 is 11.9 Å². The van der Waals surface area contributed by atoms with Gasteiger partial charge in [0.15, 0.2) is 12.4 Å². The molecule has 1 heterocycles. The van der Waals surface area contributed by atoms with Gasteiger partial charge >= 0.3 is 11.9 Å². The van der Waals surface area contributed by atoms with E-state index >= 15 is 0 Å². The van der Waals surface area contributed by atoms with E-state index in [1.807, 2.05) is 0 Å². The van der Waals surface area contributed by atoms with Crippen molar-refractivity contribution in [2.24, 2.45) is 0 Å². The van der Waals surface area contributed by atoms with Gasteiger partial charge < -0.3 is 39.4 Å². The van der Waals surface area contributed by atoms with E-state index in [0.717, 1.165) is 38.5 Å². The minimum Gasteiger partial charge on any atom is -0.462 e. The largest absolute Gasteiger partial charge is 0.462 e. The van der Waals surface area contributed by atoms with Crippen LogP contribution in [0.15, 0.2) is 12.2 Å². The van der Waals surface area contributed by atoms with Crippen molar-refractivity contribution in [1.82, 2.24) is 0 Å². The molecule has 4 N–H and O–H groups in total. The van der Waals surface area contributed by atoms with Crippen LogP contribution in [0.5, 0.6) is 0 Å². The number of rotatable bonds is 41. The second-order valence-electron chi connectivity index (χ2n) is 16.9. The van der Waals surface area contributed by atoms with Gasteiger partial charge in [-0.15, -0.1) is 0 Å². The lowest BCUT2D eigenvalue weighted by Crippen LogP contribution is -2.59. The minimum absolute atomic E-state index is 0.212. The Labute approximate surface area is 354 Å². The van der Waals surface area contributed by atoms with Gasteiger partial charge in [0.05, 0.1) is 13.2 Å². The van der Waals surface area contributed by atoms with Crippen LogP contribution in [-0.2, 0) is 28.5 Å². The van der Waals surface area contributed by atoms with Crippen LogP contribution in [0.25, 0.3) is 0 Å². The van der Waals surface area contributed by atoms with Crippen molar-refractivity contribution in [1.29, 1.82) is 0 Å². The summed E-state index contributed by atoms with van der Waals surface area (Å²) in [5.74, 6) is -0.796. The van der Waals surface area contributed by atoms with Crippen molar-refractivity contribution in [3.05, 3.63) is 12.2 Å². The molecule has 1 aliphatic rings. The van der Waals surface area contributed by atoms with E-state index in [1.54, 1.807) is 0 Å². The zero-order chi connectivity index (χ0) is 42.3. The molecule has 10 heteroatoms. The average Bonchev–Trinajstić information content (AvgIpc) is 3.22. The van der Waals surface area contributed by atoms with Crippen molar-refractivity contribution in [2.75, 3.05) is 19.8 Å². The second-order valence-corrected chi connectivity index (χ2v) is 16.9. The first-order valence-corrected chi connectivity index (χ1v) is 24.3. The Morgan fingerprint density at radius 2 is 0.914 bits per heavy atom. The van der Waals surface area contributed by atoms with Crippen molar-refractivity contribution in [3.63, 3.8) is 0 Å². The Morgan fingerprint density at radius 1 is 0.517 bits per heavy atom. The molecule has 1 fully saturated rings. The van der Waals surface area contributed by atoms with Gasteiger partial charge in [-0.2, -0.15) is 0 Å². The predicted molar refractivity (Wildman–Crippen MR) is 233 cm³/mol. The predicted octanol–water partition coefficient (Wildman–Crippen LogP) is 10.7. The molecule has 0 saturated carbocycles. The summed E-state index contributed by atoms with van der Waals surface area (Å²) in [5.41, 5.74) is 0. The lowest BCUT2D eigenvalue weighted by atomic mass is 9.99. The molecule has 6 atom stereocenters. The molecule has 0 radical (unpaired) electrons. The van der Waals surface area contributed by atoms with Gasteiger partial charge in [0, 0.05) is 12.8 Å². The van der Waals surface area contributed by atoms with E-state index in [2.05, 4.69) is 26.0 Å². The molecule has 1 saturated heterocycles. The number of unbranched alkanes of at least 4 members (excludes halogenated alkanes) is 28. The Morgan fingerprint density at radius 3 is 1.36 bits per heavy atom. The molecule has 2 unspecified atom stereocenters. The van der Waals surface area contributed by atoms with Gasteiger partial charge in [0.2, 0.25) is 0 Å². The number of allylic oxidation sites excluding steroid dienone is 2. The first-order chi connectivity index (χ1) is 28.3. The van der Waals surface area contributed by atoms with Gasteiger partial charge in [-0.1, -0.05) is 187 Å². The Bertz CT molecular complexity index is 959. The smallest absolute Gasteiger partial charge is 0.306 e. The van der Waals surface area contributed by atoms with Crippen LogP contribution in [0.1, 0.15) is 226 Å². The van der Waals surface area contributed by atoms with Gasteiger partial charge in [-0.25, -0.2) is 0 Å². The van der Waals surface area contributed by atoms with E-state index in [1.165, 1.54) is 154 Å². The van der Waals surface area contributed by atoms with Gasteiger partial charge in [0.25, 0.3) is 0 Å². The number of hydrogen-bond donors (Lipinski definition) is 4. The van der Waals surface area contributed by atoms with Crippen molar-refractivity contribution in [2.45, 2.75) is 263 Å². The highest BCUT2D eigenvalue weighted by Gasteiger charge is 2.44. The van der Waals surface area contributed by atoms with E-state index in [0.29, 0.717) is 6.42 Å². The molecule has 0 aromatic heterocycles. The third-order valence-electron chi connectivity index (χ3n) is 11.4. The molecule has 10 nitrogen and oxygen atoms in total. The average molecular weight is 827 g/mol. The molecule has 1 rings (SSSR count). The minimum atomic E-state index is -1.59. The molecule has 1 aliphatic heterocycles. The highest BCUT2D eigenvalue weighted by molar-refractivity contribution is 5.70. The maximum absolute atomic E-state index is 12.8. The molecule has 0 aromatic rings. The number of esters is 2. The fourth-order valence-corrected chi connectivity index (χ4v) is 7.54. The number of ether oxygens (including phenoxy) is 4. The molecule has 0 spiro atoms. The van der Waals surface area contributed by atoms with Crippen LogP contribution in [0.2, 0.25) is 0 Å². The molecule has 58 heavy (non-hydrogen) atoms. The monoisotopic (exact) mass is 827 g/mol. The summed E-state index contributed by atoms with van der Waals surface area (Å²) in [4.78, 5) is 25.4. The summed E-state index contributed by atoms with van der Waals surface area (Å²) in [6.07, 6.45) is 35.0. The topological polar surface area (TPSA) is 152 Å². The number of aliphatic hydroxyl groups excluding tert-OH is 4. The standard InChI is InChI=1S/C48H90O10/c1-3-5-7-9-11-13-15-17-19-21-23-25-27-29-31-33-35-37-44(51)57-41(40-56-48-47(54)46(53)45(52)42(38-49)58-48)39-55-43(50)36-34-32-30-28-26-24-22-20-18-16-14-12-10-8-6-4-2/h13,15,41-42,45-49,52-54H,3-12,14,16-40H2,1-2H3/b15-13+/t41-,42-,45+,46?,47?,48-/m0/s1. The highest BCUT2D eigenvalue weighted by Crippen LogP contribution is 2.23. The summed E-state index contributed by atoms with van der Waals surface area (Å²) in [5, 5.41) is 40.1. The van der Waals surface area contributed by atoms with Crippen LogP contribution < -0.4 is 0 Å². The van der Waals surface area contributed by atoms with E-state index in [-0.39, 0.29) is 32.0 Å². The number of carbonyl (C=O) groups excluding carboxylic acids is 2. The summed E-state index contributed by atoms with van der Waals surface area (Å²) in [6.45, 7) is 3.44. The van der Waals surface area contributed by atoms with Crippen LogP contribution in [0, 0.1) is 0 Å². The van der Waals surface area contributed by atoms with Crippen LogP contribution >= 0.6 is 0 Å². The SMILES string of the molecule is CCCCCC/C=C/CCCCCCCCCCCC(=O)O[C@@H](COC(=O)CCCCCCCCCCCCCCCCCC)CO[C@H]1O[C@@H](CO)[C@@H](O)C(O)C1O. The zero-order valence-corrected chi connectivity index (χ0v) is 37.3. The van der Waals surface area contributed by atoms with Crippen LogP contribution in [-0.4, -0.2) is 89.0 Å². The maximum atomic E-state index is 12.8. The molecule has 342 valence electrons. The van der Waals surface area contributed by atoms with E-state index in [9.17, 15) is 30.0 Å². The third kappa shape index (κ3) is 30.5. The summed E-state index contributed by atoms with van der Waals surface area (Å²) in [7, 11) is 0. The maximum Gasteiger partial charge on any atom is 0.306 e. The molecule has 0 amide bonds. The number of carbonyl (C=O) groups is 2. The first-order valence-electron chi connectivity index (χ1n) is 24.3. The molecule has 0 aliphatic carbocycles. The molecular formula is C48H90O10. The number of aliphatic hydroxyl groups is 4. The fraction of sp³-hybridized carbons (Fsp3) is 0.917. The lowest BCUT2D eigenvalue weighted by molar-refractivity contribution is -0.305. The quantitative estimate of drug-likeness (QED) is 0.0266. The highest BCUT2D eigenvalue weighted by atomic mass is 16.7. The van der Waals surface area contributed by atoms with Gasteiger partial charge in [-0.05, 0) is 38.5 Å². The lowest BCUT2D eigenvalue weighted by Gasteiger charge is -2.39. The summed E-state index contributed by atoms with van der Waals surface area (Å²) < 4.78 is 22.2. The van der Waals surface area contributed by atoms with E-state index < -0.39 is 49.4 Å². The van der Waals surface area contributed by atoms with Crippen LogP contribution in [0.3, 0.4) is 0 Å². The number of hydrogen-bond acceptors (Lipinski definition) is 10.